The van der Waals surface area contributed by atoms with Crippen molar-refractivity contribution in [1.29, 1.82) is 0 Å². The molecule has 0 fully saturated rings. The molecule has 0 bridgehead atoms. The number of pyridine rings is 1. The number of rotatable bonds is 3. The van der Waals surface area contributed by atoms with Gasteiger partial charge in [0.05, 0.1) is 0 Å². The van der Waals surface area contributed by atoms with Crippen LogP contribution in [0.15, 0.2) is 47.1 Å². The van der Waals surface area contributed by atoms with E-state index in [9.17, 15) is 0 Å². The van der Waals surface area contributed by atoms with E-state index in [2.05, 4.69) is 77.9 Å². The molecule has 0 saturated carbocycles. The molecule has 0 aliphatic rings. The maximum Gasteiger partial charge on any atom is 0.128 e. The lowest BCUT2D eigenvalue weighted by Gasteiger charge is -2.21. The van der Waals surface area contributed by atoms with Gasteiger partial charge in [0.2, 0.25) is 0 Å². The zero-order valence-corrected chi connectivity index (χ0v) is 14.1. The Morgan fingerprint density at radius 3 is 2.20 bits per heavy atom. The maximum absolute atomic E-state index is 4.41. The number of anilines is 1. The van der Waals surface area contributed by atoms with Crippen LogP contribution in [0.1, 0.15) is 31.9 Å². The van der Waals surface area contributed by atoms with Crippen LogP contribution in [0.5, 0.6) is 0 Å². The second-order valence-electron chi connectivity index (χ2n) is 6.14. The molecule has 1 aromatic heterocycles. The van der Waals surface area contributed by atoms with Gasteiger partial charge in [-0.3, -0.25) is 0 Å². The van der Waals surface area contributed by atoms with E-state index < -0.39 is 0 Å². The predicted octanol–water partition coefficient (Wildman–Crippen LogP) is 4.78. The second kappa shape index (κ2) is 5.96. The van der Waals surface area contributed by atoms with Gasteiger partial charge in [0.15, 0.2) is 0 Å². The summed E-state index contributed by atoms with van der Waals surface area (Å²) in [6.45, 7) is 7.57. The highest BCUT2D eigenvalue weighted by Crippen LogP contribution is 2.23. The van der Waals surface area contributed by atoms with Crippen molar-refractivity contribution >= 4 is 21.7 Å². The van der Waals surface area contributed by atoms with Crippen molar-refractivity contribution in [2.45, 2.75) is 32.7 Å². The summed E-state index contributed by atoms with van der Waals surface area (Å²) >= 11 is 3.41. The molecule has 0 N–H and O–H groups in total. The van der Waals surface area contributed by atoms with E-state index >= 15 is 0 Å². The normalized spacial score (nSPS) is 11.4. The van der Waals surface area contributed by atoms with E-state index in [1.807, 2.05) is 18.3 Å². The van der Waals surface area contributed by atoms with Crippen LogP contribution < -0.4 is 4.90 Å². The molecule has 0 radical (unpaired) electrons. The van der Waals surface area contributed by atoms with Crippen LogP contribution in [0.4, 0.5) is 5.82 Å². The molecule has 0 unspecified atom stereocenters. The van der Waals surface area contributed by atoms with Crippen LogP contribution >= 0.6 is 15.9 Å². The van der Waals surface area contributed by atoms with Gasteiger partial charge in [0.25, 0.3) is 0 Å². The average Bonchev–Trinajstić information content (AvgIpc) is 2.39. The summed E-state index contributed by atoms with van der Waals surface area (Å²) in [5, 5.41) is 0. The maximum atomic E-state index is 4.41. The third kappa shape index (κ3) is 3.83. The van der Waals surface area contributed by atoms with E-state index in [4.69, 9.17) is 0 Å². The van der Waals surface area contributed by atoms with Crippen molar-refractivity contribution in [3.8, 4) is 0 Å². The number of hydrogen-bond donors (Lipinski definition) is 0. The molecule has 0 atom stereocenters. The molecule has 2 rings (SSSR count). The summed E-state index contributed by atoms with van der Waals surface area (Å²) in [7, 11) is 2.06. The Kier molecular flexibility index (Phi) is 4.48. The van der Waals surface area contributed by atoms with Crippen LogP contribution in [0.2, 0.25) is 0 Å². The number of hydrogen-bond acceptors (Lipinski definition) is 2. The number of nitrogens with zero attached hydrogens (tertiary/aromatic N) is 2. The fourth-order valence-electron chi connectivity index (χ4n) is 2.06. The first-order valence-corrected chi connectivity index (χ1v) is 7.58. The van der Waals surface area contributed by atoms with E-state index in [0.29, 0.717) is 0 Å². The monoisotopic (exact) mass is 332 g/mol. The van der Waals surface area contributed by atoms with Crippen molar-refractivity contribution in [2.24, 2.45) is 0 Å². The fourth-order valence-corrected chi connectivity index (χ4v) is 2.29. The average molecular weight is 333 g/mol. The Hall–Kier alpha value is -1.35. The third-order valence-corrected chi connectivity index (χ3v) is 3.81. The van der Waals surface area contributed by atoms with Crippen molar-refractivity contribution in [1.82, 2.24) is 4.98 Å². The molecule has 1 aromatic carbocycles. The van der Waals surface area contributed by atoms with Crippen LogP contribution in [0.25, 0.3) is 0 Å². The molecule has 20 heavy (non-hydrogen) atoms. The fraction of sp³-hybridized carbons (Fsp3) is 0.353. The molecule has 106 valence electrons. The molecule has 2 nitrogen and oxygen atoms in total. The van der Waals surface area contributed by atoms with Crippen molar-refractivity contribution in [3.63, 3.8) is 0 Å². The summed E-state index contributed by atoms with van der Waals surface area (Å²) in [5.74, 6) is 0.980. The molecule has 0 aliphatic carbocycles. The Morgan fingerprint density at radius 2 is 1.70 bits per heavy atom. The van der Waals surface area contributed by atoms with Gasteiger partial charge in [-0.2, -0.15) is 0 Å². The van der Waals surface area contributed by atoms with Gasteiger partial charge in [-0.15, -0.1) is 0 Å². The van der Waals surface area contributed by atoms with E-state index in [0.717, 1.165) is 16.8 Å². The highest BCUT2D eigenvalue weighted by Gasteiger charge is 2.13. The SMILES string of the molecule is CN(Cc1ccc(C(C)(C)C)cc1)c1ccc(Br)cn1. The smallest absolute Gasteiger partial charge is 0.128 e. The largest absolute Gasteiger partial charge is 0.355 e. The molecular formula is C17H21BrN2. The Bertz CT molecular complexity index is 553. The lowest BCUT2D eigenvalue weighted by Crippen LogP contribution is -2.18. The minimum absolute atomic E-state index is 0.206. The first-order chi connectivity index (χ1) is 9.36. The first-order valence-electron chi connectivity index (χ1n) is 6.78. The predicted molar refractivity (Wildman–Crippen MR) is 89.2 cm³/mol. The highest BCUT2D eigenvalue weighted by molar-refractivity contribution is 9.10. The third-order valence-electron chi connectivity index (χ3n) is 3.34. The van der Waals surface area contributed by atoms with E-state index in [1.54, 1.807) is 0 Å². The quantitative estimate of drug-likeness (QED) is 0.804. The van der Waals surface area contributed by atoms with Gasteiger partial charge < -0.3 is 4.90 Å². The van der Waals surface area contributed by atoms with Gasteiger partial charge in [-0.1, -0.05) is 45.0 Å². The first kappa shape index (κ1) is 15.0. The molecule has 1 heterocycles. The number of halogens is 1. The standard InChI is InChI=1S/C17H21BrN2/c1-17(2,3)14-7-5-13(6-8-14)12-20(4)16-10-9-15(18)11-19-16/h5-11H,12H2,1-4H3. The molecule has 2 aromatic rings. The summed E-state index contributed by atoms with van der Waals surface area (Å²) < 4.78 is 1.00. The summed E-state index contributed by atoms with van der Waals surface area (Å²) in [5.41, 5.74) is 2.87. The van der Waals surface area contributed by atoms with Crippen molar-refractivity contribution < 1.29 is 0 Å². The molecule has 3 heteroatoms. The van der Waals surface area contributed by atoms with Gasteiger partial charge in [0, 0.05) is 24.3 Å². The molecule has 0 saturated heterocycles. The second-order valence-corrected chi connectivity index (χ2v) is 7.05. The number of aromatic nitrogens is 1. The zero-order valence-electron chi connectivity index (χ0n) is 12.5. The van der Waals surface area contributed by atoms with E-state index in [-0.39, 0.29) is 5.41 Å². The lowest BCUT2D eigenvalue weighted by atomic mass is 9.87. The Labute approximate surface area is 130 Å². The minimum Gasteiger partial charge on any atom is -0.355 e. The minimum atomic E-state index is 0.206. The van der Waals surface area contributed by atoms with E-state index in [1.165, 1.54) is 11.1 Å². The summed E-state index contributed by atoms with van der Waals surface area (Å²) in [6.07, 6.45) is 1.83. The highest BCUT2D eigenvalue weighted by atomic mass is 79.9. The Morgan fingerprint density at radius 1 is 1.05 bits per heavy atom. The summed E-state index contributed by atoms with van der Waals surface area (Å²) in [4.78, 5) is 6.56. The van der Waals surface area contributed by atoms with Gasteiger partial charge in [-0.25, -0.2) is 4.98 Å². The zero-order chi connectivity index (χ0) is 14.8. The molecular weight excluding hydrogens is 312 g/mol. The van der Waals surface area contributed by atoms with Crippen molar-refractivity contribution in [3.05, 3.63) is 58.2 Å². The molecule has 0 amide bonds. The molecule has 0 spiro atoms. The topological polar surface area (TPSA) is 16.1 Å². The van der Waals surface area contributed by atoms with Crippen molar-refractivity contribution in [2.75, 3.05) is 11.9 Å². The van der Waals surface area contributed by atoms with Gasteiger partial charge >= 0.3 is 0 Å². The van der Waals surface area contributed by atoms with Crippen LogP contribution in [-0.4, -0.2) is 12.0 Å². The van der Waals surface area contributed by atoms with Crippen LogP contribution in [0, 0.1) is 0 Å². The van der Waals surface area contributed by atoms with Crippen LogP contribution in [-0.2, 0) is 12.0 Å². The number of benzene rings is 1. The van der Waals surface area contributed by atoms with Crippen LogP contribution in [0.3, 0.4) is 0 Å². The molecule has 0 aliphatic heterocycles. The van der Waals surface area contributed by atoms with Gasteiger partial charge in [-0.05, 0) is 44.6 Å². The van der Waals surface area contributed by atoms with Gasteiger partial charge in [0.1, 0.15) is 5.82 Å². The Balaban J connectivity index is 2.08. The lowest BCUT2D eigenvalue weighted by molar-refractivity contribution is 0.590. The summed E-state index contributed by atoms with van der Waals surface area (Å²) in [6, 6.07) is 12.9.